The first-order valence-electron chi connectivity index (χ1n) is 9.94. The van der Waals surface area contributed by atoms with Crippen molar-refractivity contribution in [2.45, 2.75) is 26.3 Å². The van der Waals surface area contributed by atoms with Crippen LogP contribution in [0.5, 0.6) is 5.75 Å². The molecule has 2 heterocycles. The maximum Gasteiger partial charge on any atom is 0.242 e. The number of amides is 2. The third kappa shape index (κ3) is 5.07. The Hall–Kier alpha value is -2.60. The van der Waals surface area contributed by atoms with Gasteiger partial charge in [0.05, 0.1) is 6.04 Å². The van der Waals surface area contributed by atoms with Crippen LogP contribution in [-0.2, 0) is 16.0 Å². The summed E-state index contributed by atoms with van der Waals surface area (Å²) in [6.45, 7) is 8.86. The molecular weight excluding hydrogens is 384 g/mol. The van der Waals surface area contributed by atoms with E-state index in [4.69, 9.17) is 4.74 Å². The zero-order chi connectivity index (χ0) is 20.8. The number of ether oxygens (including phenoxy) is 1. The molecule has 3 rings (SSSR count). The summed E-state index contributed by atoms with van der Waals surface area (Å²) < 4.78 is 6.00. The molecule has 0 saturated heterocycles. The lowest BCUT2D eigenvalue weighted by molar-refractivity contribution is -0.143. The monoisotopic (exact) mass is 412 g/mol. The normalized spacial score (nSPS) is 15.7. The highest BCUT2D eigenvalue weighted by atomic mass is 32.1. The molecule has 6 heteroatoms. The van der Waals surface area contributed by atoms with E-state index in [-0.39, 0.29) is 30.3 Å². The number of carbonyl (C=O) groups excluding carboxylic acids is 2. The Morgan fingerprint density at radius 3 is 2.76 bits per heavy atom. The van der Waals surface area contributed by atoms with Crippen LogP contribution in [0.4, 0.5) is 0 Å². The van der Waals surface area contributed by atoms with Crippen LogP contribution in [0.25, 0.3) is 0 Å². The molecule has 1 aromatic heterocycles. The average molecular weight is 413 g/mol. The summed E-state index contributed by atoms with van der Waals surface area (Å²) in [6, 6.07) is 11.6. The minimum atomic E-state index is -0.162. The van der Waals surface area contributed by atoms with Crippen LogP contribution >= 0.6 is 11.3 Å². The number of fused-ring (bicyclic) bond motifs is 1. The van der Waals surface area contributed by atoms with Crippen LogP contribution in [-0.4, -0.2) is 47.9 Å². The summed E-state index contributed by atoms with van der Waals surface area (Å²) in [5, 5.41) is 2.07. The van der Waals surface area contributed by atoms with Gasteiger partial charge in [0.25, 0.3) is 0 Å². The number of thiophene rings is 1. The minimum absolute atomic E-state index is 0.0384. The number of hydrogen-bond donors (Lipinski definition) is 0. The molecule has 1 aliphatic rings. The second-order valence-corrected chi connectivity index (χ2v) is 8.44. The van der Waals surface area contributed by atoms with Crippen LogP contribution in [0.15, 0.2) is 54.4 Å². The summed E-state index contributed by atoms with van der Waals surface area (Å²) in [5.41, 5.74) is 1.15. The maximum absolute atomic E-state index is 13.2. The van der Waals surface area contributed by atoms with E-state index in [9.17, 15) is 9.59 Å². The van der Waals surface area contributed by atoms with Gasteiger partial charge >= 0.3 is 0 Å². The van der Waals surface area contributed by atoms with Crippen molar-refractivity contribution in [2.24, 2.45) is 5.92 Å². The third-order valence-electron chi connectivity index (χ3n) is 5.05. The topological polar surface area (TPSA) is 49.9 Å². The standard InChI is InChI=1S/C23H28N2O3S/c1-4-12-24(23(27)17(2)3)15-22(26)25-13-10-21-19(11-14-29-21)20(25)16-28-18-8-6-5-7-9-18/h4-9,11,14,17,20H,1,10,12-13,15-16H2,2-3H3/t20-/m1/s1. The fraction of sp³-hybridized carbons (Fsp3) is 0.391. The highest BCUT2D eigenvalue weighted by molar-refractivity contribution is 7.10. The third-order valence-corrected chi connectivity index (χ3v) is 6.04. The molecule has 5 nitrogen and oxygen atoms in total. The molecule has 0 saturated carbocycles. The summed E-state index contributed by atoms with van der Waals surface area (Å²) >= 11 is 1.72. The quantitative estimate of drug-likeness (QED) is 0.618. The van der Waals surface area contributed by atoms with Crippen molar-refractivity contribution in [3.63, 3.8) is 0 Å². The fourth-order valence-electron chi connectivity index (χ4n) is 3.57. The van der Waals surface area contributed by atoms with Gasteiger partial charge in [-0.2, -0.15) is 0 Å². The molecule has 154 valence electrons. The van der Waals surface area contributed by atoms with Crippen molar-refractivity contribution < 1.29 is 14.3 Å². The van der Waals surface area contributed by atoms with Crippen molar-refractivity contribution in [3.05, 3.63) is 64.9 Å². The van der Waals surface area contributed by atoms with Gasteiger partial charge in [-0.15, -0.1) is 17.9 Å². The Kier molecular flexibility index (Phi) is 7.09. The van der Waals surface area contributed by atoms with Gasteiger partial charge in [-0.25, -0.2) is 0 Å². The highest BCUT2D eigenvalue weighted by Gasteiger charge is 2.33. The molecule has 1 aromatic carbocycles. The lowest BCUT2D eigenvalue weighted by Crippen LogP contribution is -2.48. The minimum Gasteiger partial charge on any atom is -0.491 e. The largest absolute Gasteiger partial charge is 0.491 e. The molecule has 1 atom stereocenters. The Morgan fingerprint density at radius 2 is 2.07 bits per heavy atom. The fourth-order valence-corrected chi connectivity index (χ4v) is 4.50. The number of carbonyl (C=O) groups is 2. The number of rotatable bonds is 8. The first-order chi connectivity index (χ1) is 14.0. The number of hydrogen-bond acceptors (Lipinski definition) is 4. The first kappa shape index (κ1) is 21.1. The van der Waals surface area contributed by atoms with E-state index in [1.165, 1.54) is 4.88 Å². The van der Waals surface area contributed by atoms with Crippen molar-refractivity contribution in [2.75, 3.05) is 26.2 Å². The smallest absolute Gasteiger partial charge is 0.242 e. The Balaban J connectivity index is 1.77. The second-order valence-electron chi connectivity index (χ2n) is 7.44. The zero-order valence-electron chi connectivity index (χ0n) is 17.0. The van der Waals surface area contributed by atoms with Crippen LogP contribution in [0, 0.1) is 5.92 Å². The van der Waals surface area contributed by atoms with Gasteiger partial charge in [0.2, 0.25) is 11.8 Å². The number of nitrogens with zero attached hydrogens (tertiary/aromatic N) is 2. The number of benzene rings is 1. The molecular formula is C23H28N2O3S. The van der Waals surface area contributed by atoms with E-state index in [0.29, 0.717) is 19.7 Å². The molecule has 0 spiro atoms. The molecule has 0 fully saturated rings. The summed E-state index contributed by atoms with van der Waals surface area (Å²) in [6.07, 6.45) is 2.50. The van der Waals surface area contributed by atoms with Gasteiger partial charge in [-0.1, -0.05) is 38.1 Å². The lowest BCUT2D eigenvalue weighted by Gasteiger charge is -2.37. The van der Waals surface area contributed by atoms with Crippen molar-refractivity contribution in [3.8, 4) is 5.75 Å². The van der Waals surface area contributed by atoms with E-state index in [1.54, 1.807) is 22.3 Å². The van der Waals surface area contributed by atoms with Crippen LogP contribution in [0.2, 0.25) is 0 Å². The second kappa shape index (κ2) is 9.74. The SMILES string of the molecule is C=CCN(CC(=O)N1CCc2sccc2[C@H]1COc1ccccc1)C(=O)C(C)C. The predicted octanol–water partition coefficient (Wildman–Crippen LogP) is 3.92. The molecule has 0 unspecified atom stereocenters. The summed E-state index contributed by atoms with van der Waals surface area (Å²) in [5.74, 6) is 0.526. The Morgan fingerprint density at radius 1 is 1.31 bits per heavy atom. The van der Waals surface area contributed by atoms with Crippen molar-refractivity contribution in [1.29, 1.82) is 0 Å². The zero-order valence-corrected chi connectivity index (χ0v) is 17.9. The summed E-state index contributed by atoms with van der Waals surface area (Å²) in [7, 11) is 0. The van der Waals surface area contributed by atoms with E-state index < -0.39 is 0 Å². The van der Waals surface area contributed by atoms with Gasteiger partial charge < -0.3 is 14.5 Å². The highest BCUT2D eigenvalue weighted by Crippen LogP contribution is 2.34. The van der Waals surface area contributed by atoms with Crippen LogP contribution < -0.4 is 4.74 Å². The van der Waals surface area contributed by atoms with Gasteiger partial charge in [0.1, 0.15) is 18.9 Å². The van der Waals surface area contributed by atoms with Gasteiger partial charge in [-0.3, -0.25) is 9.59 Å². The molecule has 2 amide bonds. The van der Waals surface area contributed by atoms with E-state index >= 15 is 0 Å². The van der Waals surface area contributed by atoms with Crippen LogP contribution in [0.3, 0.4) is 0 Å². The molecule has 1 aliphatic heterocycles. The van der Waals surface area contributed by atoms with Crippen molar-refractivity contribution in [1.82, 2.24) is 9.80 Å². The molecule has 29 heavy (non-hydrogen) atoms. The van der Waals surface area contributed by atoms with Crippen LogP contribution in [0.1, 0.15) is 30.3 Å². The molecule has 0 aliphatic carbocycles. The van der Waals surface area contributed by atoms with Gasteiger partial charge in [0, 0.05) is 23.9 Å². The van der Waals surface area contributed by atoms with E-state index in [1.807, 2.05) is 49.1 Å². The predicted molar refractivity (Wildman–Crippen MR) is 116 cm³/mol. The van der Waals surface area contributed by atoms with E-state index in [2.05, 4.69) is 18.0 Å². The average Bonchev–Trinajstić information content (AvgIpc) is 3.20. The number of para-hydroxylation sites is 1. The molecule has 2 aromatic rings. The Labute approximate surface area is 176 Å². The maximum atomic E-state index is 13.2. The lowest BCUT2D eigenvalue weighted by atomic mass is 10.0. The van der Waals surface area contributed by atoms with Gasteiger partial charge in [0.15, 0.2) is 0 Å². The van der Waals surface area contributed by atoms with Crippen molar-refractivity contribution >= 4 is 23.2 Å². The van der Waals surface area contributed by atoms with E-state index in [0.717, 1.165) is 17.7 Å². The molecule has 0 N–H and O–H groups in total. The molecule has 0 radical (unpaired) electrons. The first-order valence-corrected chi connectivity index (χ1v) is 10.8. The molecule has 0 bridgehead atoms. The van der Waals surface area contributed by atoms with Gasteiger partial charge in [-0.05, 0) is 35.6 Å². The Bertz CT molecular complexity index is 847. The summed E-state index contributed by atoms with van der Waals surface area (Å²) in [4.78, 5) is 30.4.